The van der Waals surface area contributed by atoms with E-state index in [4.69, 9.17) is 0 Å². The summed E-state index contributed by atoms with van der Waals surface area (Å²) >= 11 is 0. The number of fused-ring (bicyclic) bond motifs is 1. The largest absolute Gasteiger partial charge is 0.508 e. The number of hydrogen-bond acceptors (Lipinski definition) is 4. The van der Waals surface area contributed by atoms with Gasteiger partial charge < -0.3 is 20.6 Å². The predicted octanol–water partition coefficient (Wildman–Crippen LogP) is 4.66. The van der Waals surface area contributed by atoms with Gasteiger partial charge in [0.05, 0.1) is 0 Å². The first kappa shape index (κ1) is 24.5. The van der Waals surface area contributed by atoms with Crippen molar-refractivity contribution < 1.29 is 14.7 Å². The van der Waals surface area contributed by atoms with Gasteiger partial charge in [-0.15, -0.1) is 0 Å². The Balaban J connectivity index is 1.43. The van der Waals surface area contributed by atoms with Crippen molar-refractivity contribution in [2.75, 3.05) is 11.9 Å². The Morgan fingerprint density at radius 1 is 1.00 bits per heavy atom. The van der Waals surface area contributed by atoms with Crippen molar-refractivity contribution in [2.45, 2.75) is 52.2 Å². The number of aromatic hydroxyl groups is 1. The van der Waals surface area contributed by atoms with Gasteiger partial charge in [-0.3, -0.25) is 9.59 Å². The van der Waals surface area contributed by atoms with Gasteiger partial charge in [-0.2, -0.15) is 0 Å². The number of carbonyl (C=O) groups is 2. The molecule has 0 aliphatic carbocycles. The molecule has 1 atom stereocenters. The van der Waals surface area contributed by atoms with Gasteiger partial charge in [-0.1, -0.05) is 36.4 Å². The molecular formula is C29H33N3O3. The number of phenolic OH excluding ortho intramolecular Hbond substituents is 1. The van der Waals surface area contributed by atoms with Crippen LogP contribution in [0.3, 0.4) is 0 Å². The van der Waals surface area contributed by atoms with Crippen LogP contribution in [-0.4, -0.2) is 34.4 Å². The number of anilines is 1. The van der Waals surface area contributed by atoms with Crippen molar-refractivity contribution >= 4 is 17.5 Å². The topological polar surface area (TPSA) is 81.7 Å². The van der Waals surface area contributed by atoms with Crippen LogP contribution < -0.4 is 10.6 Å². The van der Waals surface area contributed by atoms with Crippen LogP contribution in [0.4, 0.5) is 5.69 Å². The number of benzene rings is 3. The highest BCUT2D eigenvalue weighted by Crippen LogP contribution is 2.23. The minimum atomic E-state index is -0.164. The van der Waals surface area contributed by atoms with E-state index in [9.17, 15) is 14.7 Å². The van der Waals surface area contributed by atoms with Gasteiger partial charge in [0.15, 0.2) is 0 Å². The van der Waals surface area contributed by atoms with Crippen molar-refractivity contribution in [3.63, 3.8) is 0 Å². The third-order valence-corrected chi connectivity index (χ3v) is 6.43. The third-order valence-electron chi connectivity index (χ3n) is 6.43. The molecule has 1 aliphatic heterocycles. The number of carbonyl (C=O) groups excluding carboxylic acids is 2. The van der Waals surface area contributed by atoms with Gasteiger partial charge in [0.25, 0.3) is 5.91 Å². The van der Waals surface area contributed by atoms with Crippen LogP contribution in [0.1, 0.15) is 52.9 Å². The van der Waals surface area contributed by atoms with Gasteiger partial charge in [0.1, 0.15) is 5.75 Å². The van der Waals surface area contributed by atoms with E-state index in [2.05, 4.69) is 29.7 Å². The first-order chi connectivity index (χ1) is 16.9. The van der Waals surface area contributed by atoms with Crippen LogP contribution in [0, 0.1) is 0 Å². The molecule has 35 heavy (non-hydrogen) atoms. The number of nitrogens with one attached hydrogen (secondary N) is 2. The van der Waals surface area contributed by atoms with Gasteiger partial charge >= 0.3 is 0 Å². The molecule has 0 saturated heterocycles. The Hall–Kier alpha value is -3.64. The molecule has 6 nitrogen and oxygen atoms in total. The monoisotopic (exact) mass is 471 g/mol. The summed E-state index contributed by atoms with van der Waals surface area (Å²) in [5, 5.41) is 15.8. The van der Waals surface area contributed by atoms with Crippen LogP contribution in [0.5, 0.6) is 5.75 Å². The van der Waals surface area contributed by atoms with Gasteiger partial charge in [-0.25, -0.2) is 0 Å². The van der Waals surface area contributed by atoms with Crippen LogP contribution >= 0.6 is 0 Å². The molecule has 0 aromatic heterocycles. The second-order valence-electron chi connectivity index (χ2n) is 9.33. The lowest BCUT2D eigenvalue weighted by Gasteiger charge is -2.29. The molecule has 1 heterocycles. The maximum atomic E-state index is 13.4. The number of hydrogen-bond donors (Lipinski definition) is 3. The van der Waals surface area contributed by atoms with Crippen molar-refractivity contribution in [1.29, 1.82) is 0 Å². The van der Waals surface area contributed by atoms with Crippen molar-refractivity contribution in [1.82, 2.24) is 10.2 Å². The van der Waals surface area contributed by atoms with E-state index >= 15 is 0 Å². The highest BCUT2D eigenvalue weighted by atomic mass is 16.3. The number of aryl methyl sites for hydroxylation is 1. The summed E-state index contributed by atoms with van der Waals surface area (Å²) in [6.45, 7) is 5.48. The first-order valence-electron chi connectivity index (χ1n) is 12.2. The van der Waals surface area contributed by atoms with Gasteiger partial charge in [0.2, 0.25) is 5.91 Å². The van der Waals surface area contributed by atoms with Crippen LogP contribution in [-0.2, 0) is 30.7 Å². The number of phenols is 1. The molecule has 0 spiro atoms. The molecule has 0 bridgehead atoms. The Morgan fingerprint density at radius 2 is 1.74 bits per heavy atom. The number of nitrogens with zero attached hydrogens (tertiary/aromatic N) is 1. The highest BCUT2D eigenvalue weighted by molar-refractivity contribution is 5.97. The molecule has 3 aromatic carbocycles. The summed E-state index contributed by atoms with van der Waals surface area (Å²) in [5.41, 5.74) is 5.84. The summed E-state index contributed by atoms with van der Waals surface area (Å²) in [5.74, 6) is 0.0918. The Bertz CT molecular complexity index is 1190. The lowest BCUT2D eigenvalue weighted by atomic mass is 9.99. The molecule has 1 unspecified atom stereocenters. The zero-order chi connectivity index (χ0) is 24.8. The highest BCUT2D eigenvalue weighted by Gasteiger charge is 2.22. The summed E-state index contributed by atoms with van der Waals surface area (Å²) in [6.07, 6.45) is 2.69. The Labute approximate surface area is 207 Å². The average Bonchev–Trinajstić information content (AvgIpc) is 2.86. The number of rotatable bonds is 8. The minimum Gasteiger partial charge on any atom is -0.508 e. The normalized spacial score (nSPS) is 13.7. The van der Waals surface area contributed by atoms with E-state index in [-0.39, 0.29) is 23.6 Å². The van der Waals surface area contributed by atoms with E-state index in [0.717, 1.165) is 24.8 Å². The molecule has 0 radical (unpaired) electrons. The molecule has 182 valence electrons. The van der Waals surface area contributed by atoms with Crippen LogP contribution in [0.2, 0.25) is 0 Å². The molecule has 3 aromatic rings. The molecular weight excluding hydrogens is 438 g/mol. The maximum Gasteiger partial charge on any atom is 0.254 e. The van der Waals surface area contributed by atoms with E-state index in [1.807, 2.05) is 41.3 Å². The molecule has 4 rings (SSSR count). The fourth-order valence-corrected chi connectivity index (χ4v) is 4.48. The maximum absolute atomic E-state index is 13.4. The van der Waals surface area contributed by atoms with E-state index in [1.165, 1.54) is 23.6 Å². The Morgan fingerprint density at radius 3 is 2.49 bits per heavy atom. The van der Waals surface area contributed by atoms with Crippen molar-refractivity contribution in [2.24, 2.45) is 0 Å². The predicted molar refractivity (Wildman–Crippen MR) is 138 cm³/mol. The molecule has 3 N–H and O–H groups in total. The summed E-state index contributed by atoms with van der Waals surface area (Å²) in [6, 6.07) is 21.4. The van der Waals surface area contributed by atoms with Crippen LogP contribution in [0.25, 0.3) is 0 Å². The molecule has 1 aliphatic rings. The lowest BCUT2D eigenvalue weighted by Crippen LogP contribution is -2.36. The molecule has 2 amide bonds. The summed E-state index contributed by atoms with van der Waals surface area (Å²) in [4.78, 5) is 27.0. The minimum absolute atomic E-state index is 0.0201. The molecule has 6 heteroatoms. The standard InChI is InChI=1S/C29H33N3O3/c1-20(7-8-22-9-11-28(34)12-10-22)30-18-23-15-26(17-27(16-23)31-21(2)33)29(35)32-14-13-24-5-3-4-6-25(24)19-32/h3-6,9-12,15-17,20,30,34H,7-8,13-14,18-19H2,1-2H3,(H,31,33). The Kier molecular flexibility index (Phi) is 7.83. The molecule has 0 saturated carbocycles. The van der Waals surface area contributed by atoms with Gasteiger partial charge in [0, 0.05) is 43.9 Å². The fraction of sp³-hybridized carbons (Fsp3) is 0.310. The summed E-state index contributed by atoms with van der Waals surface area (Å²) in [7, 11) is 0. The zero-order valence-corrected chi connectivity index (χ0v) is 20.4. The second kappa shape index (κ2) is 11.2. The third kappa shape index (κ3) is 6.70. The van der Waals surface area contributed by atoms with E-state index < -0.39 is 0 Å². The quantitative estimate of drug-likeness (QED) is 0.446. The second-order valence-corrected chi connectivity index (χ2v) is 9.33. The average molecular weight is 472 g/mol. The smallest absolute Gasteiger partial charge is 0.254 e. The van der Waals surface area contributed by atoms with Gasteiger partial charge in [-0.05, 0) is 78.8 Å². The van der Waals surface area contributed by atoms with Crippen molar-refractivity contribution in [3.05, 3.63) is 94.5 Å². The zero-order valence-electron chi connectivity index (χ0n) is 20.4. The number of amides is 2. The first-order valence-corrected chi connectivity index (χ1v) is 12.2. The van der Waals surface area contributed by atoms with Crippen molar-refractivity contribution in [3.8, 4) is 5.75 Å². The summed E-state index contributed by atoms with van der Waals surface area (Å²) < 4.78 is 0. The lowest BCUT2D eigenvalue weighted by molar-refractivity contribution is -0.114. The van der Waals surface area contributed by atoms with Crippen LogP contribution in [0.15, 0.2) is 66.7 Å². The van der Waals surface area contributed by atoms with E-state index in [1.54, 1.807) is 18.2 Å². The molecule has 0 fully saturated rings. The SMILES string of the molecule is CC(=O)Nc1cc(CNC(C)CCc2ccc(O)cc2)cc(C(=O)N2CCc3ccccc3C2)c1. The van der Waals surface area contributed by atoms with E-state index in [0.29, 0.717) is 30.9 Å². The fourth-order valence-electron chi connectivity index (χ4n) is 4.48.